The van der Waals surface area contributed by atoms with Crippen molar-refractivity contribution in [3.05, 3.63) is 59.1 Å². The molecule has 1 heterocycles. The molecule has 4 heteroatoms. The fourth-order valence-corrected chi connectivity index (χ4v) is 2.07. The number of hydrogen-bond acceptors (Lipinski definition) is 3. The minimum absolute atomic E-state index is 0.705. The molecule has 1 aliphatic heterocycles. The van der Waals surface area contributed by atoms with Crippen LogP contribution in [0.1, 0.15) is 5.56 Å². The van der Waals surface area contributed by atoms with E-state index in [1.165, 1.54) is 5.56 Å². The lowest BCUT2D eigenvalue weighted by molar-refractivity contribution is 0.889. The van der Waals surface area contributed by atoms with Gasteiger partial charge < -0.3 is 10.6 Å². The predicted molar refractivity (Wildman–Crippen MR) is 75.5 cm³/mol. The van der Waals surface area contributed by atoms with Gasteiger partial charge in [0.2, 0.25) is 5.96 Å². The fraction of sp³-hybridized carbons (Fsp3) is 0.0714. The molecule has 0 bridgehead atoms. The standard InChI is InChI=1S/C14H12ClN3/c15-11-5-3-6-12(8-11)17-14-16-9-10-4-1-2-7-13(10)18-14/h1-8H,9H2,(H2,16,17,18). The predicted octanol–water partition coefficient (Wildman–Crippen LogP) is 3.54. The normalized spacial score (nSPS) is 13.3. The number of anilines is 1. The van der Waals surface area contributed by atoms with Crippen LogP contribution >= 0.6 is 11.6 Å². The second kappa shape index (κ2) is 4.70. The summed E-state index contributed by atoms with van der Waals surface area (Å²) in [5.74, 6) is 0.746. The van der Waals surface area contributed by atoms with Crippen molar-refractivity contribution in [2.75, 3.05) is 5.32 Å². The van der Waals surface area contributed by atoms with Gasteiger partial charge >= 0.3 is 0 Å². The van der Waals surface area contributed by atoms with Crippen molar-refractivity contribution < 1.29 is 0 Å². The van der Waals surface area contributed by atoms with Crippen LogP contribution in [0.5, 0.6) is 0 Å². The molecular formula is C14H12ClN3. The van der Waals surface area contributed by atoms with E-state index in [1.54, 1.807) is 0 Å². The third kappa shape index (κ3) is 2.31. The molecule has 0 aromatic heterocycles. The molecule has 0 aliphatic carbocycles. The highest BCUT2D eigenvalue weighted by atomic mass is 35.5. The van der Waals surface area contributed by atoms with Gasteiger partial charge in [-0.05, 0) is 29.8 Å². The smallest absolute Gasteiger partial charge is 0.201 e. The minimum atomic E-state index is 0.705. The van der Waals surface area contributed by atoms with Gasteiger partial charge in [0.05, 0.1) is 5.69 Å². The molecule has 1 aliphatic rings. The van der Waals surface area contributed by atoms with Gasteiger partial charge in [-0.1, -0.05) is 35.9 Å². The van der Waals surface area contributed by atoms with Crippen LogP contribution in [0.15, 0.2) is 53.5 Å². The zero-order chi connectivity index (χ0) is 12.4. The highest BCUT2D eigenvalue weighted by Crippen LogP contribution is 2.22. The summed E-state index contributed by atoms with van der Waals surface area (Å²) in [5, 5.41) is 7.16. The summed E-state index contributed by atoms with van der Waals surface area (Å²) in [7, 11) is 0. The van der Waals surface area contributed by atoms with Crippen molar-refractivity contribution in [1.29, 1.82) is 0 Å². The van der Waals surface area contributed by atoms with Crippen molar-refractivity contribution >= 4 is 28.9 Å². The highest BCUT2D eigenvalue weighted by Gasteiger charge is 2.10. The molecule has 3 nitrogen and oxygen atoms in total. The fourth-order valence-electron chi connectivity index (χ4n) is 1.88. The first-order valence-electron chi connectivity index (χ1n) is 5.74. The van der Waals surface area contributed by atoms with Crippen molar-refractivity contribution in [3.8, 4) is 0 Å². The molecule has 0 unspecified atom stereocenters. The number of nitrogens with one attached hydrogen (secondary N) is 2. The first-order valence-corrected chi connectivity index (χ1v) is 6.12. The van der Waals surface area contributed by atoms with Crippen LogP contribution in [0.2, 0.25) is 5.02 Å². The van der Waals surface area contributed by atoms with Crippen LogP contribution in [-0.2, 0) is 6.54 Å². The quantitative estimate of drug-likeness (QED) is 0.820. The second-order valence-corrected chi connectivity index (χ2v) is 4.51. The summed E-state index contributed by atoms with van der Waals surface area (Å²) in [6.07, 6.45) is 0. The number of rotatable bonds is 1. The Morgan fingerprint density at radius 1 is 1.11 bits per heavy atom. The van der Waals surface area contributed by atoms with E-state index in [2.05, 4.69) is 21.7 Å². The topological polar surface area (TPSA) is 36.4 Å². The molecule has 2 N–H and O–H groups in total. The van der Waals surface area contributed by atoms with Crippen LogP contribution in [0.4, 0.5) is 11.4 Å². The monoisotopic (exact) mass is 257 g/mol. The third-order valence-electron chi connectivity index (χ3n) is 2.76. The summed E-state index contributed by atoms with van der Waals surface area (Å²) in [4.78, 5) is 4.52. The first kappa shape index (κ1) is 11.1. The molecule has 0 fully saturated rings. The number of hydrogen-bond donors (Lipinski definition) is 2. The number of guanidine groups is 1. The van der Waals surface area contributed by atoms with Gasteiger partial charge in [-0.2, -0.15) is 0 Å². The number of benzene rings is 2. The largest absolute Gasteiger partial charge is 0.352 e. The molecular weight excluding hydrogens is 246 g/mol. The Kier molecular flexibility index (Phi) is 2.90. The maximum Gasteiger partial charge on any atom is 0.201 e. The Bertz CT molecular complexity index is 607. The number of aliphatic imine (C=N–C) groups is 1. The van der Waals surface area contributed by atoms with Crippen LogP contribution in [0.3, 0.4) is 0 Å². The second-order valence-electron chi connectivity index (χ2n) is 4.08. The molecule has 0 saturated carbocycles. The lowest BCUT2D eigenvalue weighted by atomic mass is 10.1. The number of para-hydroxylation sites is 1. The van der Waals surface area contributed by atoms with Crippen molar-refractivity contribution in [1.82, 2.24) is 5.32 Å². The minimum Gasteiger partial charge on any atom is -0.352 e. The molecule has 0 atom stereocenters. The van der Waals surface area contributed by atoms with Crippen LogP contribution in [0, 0.1) is 0 Å². The van der Waals surface area contributed by atoms with E-state index >= 15 is 0 Å². The average Bonchev–Trinajstić information content (AvgIpc) is 2.39. The van der Waals surface area contributed by atoms with Crippen LogP contribution < -0.4 is 10.6 Å². The molecule has 3 rings (SSSR count). The SMILES string of the molecule is Clc1cccc(NC2=Nc3ccccc3CN2)c1. The van der Waals surface area contributed by atoms with Crippen molar-refractivity contribution in [3.63, 3.8) is 0 Å². The summed E-state index contributed by atoms with van der Waals surface area (Å²) >= 11 is 5.94. The Hall–Kier alpha value is -2.00. The van der Waals surface area contributed by atoms with Crippen LogP contribution in [0.25, 0.3) is 0 Å². The molecule has 0 saturated heterocycles. The highest BCUT2D eigenvalue weighted by molar-refractivity contribution is 6.30. The third-order valence-corrected chi connectivity index (χ3v) is 2.99. The average molecular weight is 258 g/mol. The Morgan fingerprint density at radius 3 is 2.89 bits per heavy atom. The van der Waals surface area contributed by atoms with E-state index in [4.69, 9.17) is 11.6 Å². The van der Waals surface area contributed by atoms with Gasteiger partial charge in [0.15, 0.2) is 0 Å². The van der Waals surface area contributed by atoms with E-state index in [-0.39, 0.29) is 0 Å². The summed E-state index contributed by atoms with van der Waals surface area (Å²) < 4.78 is 0. The van der Waals surface area contributed by atoms with Crippen molar-refractivity contribution in [2.45, 2.75) is 6.54 Å². The number of nitrogens with zero attached hydrogens (tertiary/aromatic N) is 1. The number of halogens is 1. The molecule has 0 amide bonds. The summed E-state index contributed by atoms with van der Waals surface area (Å²) in [6.45, 7) is 0.780. The zero-order valence-corrected chi connectivity index (χ0v) is 10.4. The first-order chi connectivity index (χ1) is 8.81. The van der Waals surface area contributed by atoms with Gasteiger partial charge in [0.25, 0.3) is 0 Å². The molecule has 2 aromatic carbocycles. The van der Waals surface area contributed by atoms with E-state index in [1.807, 2.05) is 42.5 Å². The summed E-state index contributed by atoms with van der Waals surface area (Å²) in [6, 6.07) is 15.7. The van der Waals surface area contributed by atoms with Gasteiger partial charge in [-0.25, -0.2) is 4.99 Å². The van der Waals surface area contributed by atoms with E-state index in [0.29, 0.717) is 5.02 Å². The van der Waals surface area contributed by atoms with Gasteiger partial charge in [-0.3, -0.25) is 0 Å². The molecule has 18 heavy (non-hydrogen) atoms. The lowest BCUT2D eigenvalue weighted by Crippen LogP contribution is -2.32. The van der Waals surface area contributed by atoms with Gasteiger partial charge in [-0.15, -0.1) is 0 Å². The molecule has 0 radical (unpaired) electrons. The van der Waals surface area contributed by atoms with E-state index in [0.717, 1.165) is 23.9 Å². The van der Waals surface area contributed by atoms with Gasteiger partial charge in [0.1, 0.15) is 0 Å². The lowest BCUT2D eigenvalue weighted by Gasteiger charge is -2.18. The van der Waals surface area contributed by atoms with E-state index < -0.39 is 0 Å². The zero-order valence-electron chi connectivity index (χ0n) is 9.65. The summed E-state index contributed by atoms with van der Waals surface area (Å²) in [5.41, 5.74) is 3.13. The Morgan fingerprint density at radius 2 is 2.00 bits per heavy atom. The number of fused-ring (bicyclic) bond motifs is 1. The molecule has 90 valence electrons. The maximum absolute atomic E-state index is 5.94. The Balaban J connectivity index is 1.85. The maximum atomic E-state index is 5.94. The van der Waals surface area contributed by atoms with Crippen molar-refractivity contribution in [2.24, 2.45) is 4.99 Å². The molecule has 2 aromatic rings. The Labute approximate surface area is 111 Å². The van der Waals surface area contributed by atoms with E-state index in [9.17, 15) is 0 Å². The van der Waals surface area contributed by atoms with Gasteiger partial charge in [0, 0.05) is 17.3 Å². The van der Waals surface area contributed by atoms with Crippen LogP contribution in [-0.4, -0.2) is 5.96 Å². The molecule has 0 spiro atoms.